The van der Waals surface area contributed by atoms with Gasteiger partial charge in [-0.2, -0.15) is 13.2 Å². The van der Waals surface area contributed by atoms with E-state index in [0.29, 0.717) is 19.4 Å². The molecular formula is C13H14F3N3O3. The van der Waals surface area contributed by atoms with Crippen molar-refractivity contribution in [2.45, 2.75) is 38.4 Å². The summed E-state index contributed by atoms with van der Waals surface area (Å²) in [5.41, 5.74) is -0.336. The fourth-order valence-corrected chi connectivity index (χ4v) is 2.47. The third-order valence-electron chi connectivity index (χ3n) is 3.38. The fraction of sp³-hybridized carbons (Fsp3) is 0.538. The minimum atomic E-state index is -4.74. The minimum Gasteiger partial charge on any atom is -0.481 e. The molecule has 1 amide bonds. The number of nitrogens with zero attached hydrogens (tertiary/aromatic N) is 3. The van der Waals surface area contributed by atoms with Crippen molar-refractivity contribution >= 4 is 11.9 Å². The molecule has 0 bridgehead atoms. The number of aliphatic carboxylic acids is 1. The van der Waals surface area contributed by atoms with Crippen LogP contribution in [0.2, 0.25) is 0 Å². The van der Waals surface area contributed by atoms with E-state index < -0.39 is 29.9 Å². The normalized spacial score (nSPS) is 18.5. The first-order valence-electron chi connectivity index (χ1n) is 6.64. The van der Waals surface area contributed by atoms with E-state index in [1.54, 1.807) is 0 Å². The van der Waals surface area contributed by atoms with Gasteiger partial charge < -0.3 is 10.0 Å². The SMILES string of the molecule is Cc1cc(C(=O)N2CCCC2CC(=O)O)nc(C(F)(F)F)n1. The lowest BCUT2D eigenvalue weighted by Gasteiger charge is -2.23. The van der Waals surface area contributed by atoms with Gasteiger partial charge in [0.15, 0.2) is 0 Å². The second-order valence-corrected chi connectivity index (χ2v) is 5.11. The second kappa shape index (κ2) is 5.90. The van der Waals surface area contributed by atoms with Crippen LogP contribution in [0.3, 0.4) is 0 Å². The lowest BCUT2D eigenvalue weighted by molar-refractivity contribution is -0.145. The molecule has 2 heterocycles. The van der Waals surface area contributed by atoms with Crippen LogP contribution in [-0.4, -0.2) is 44.4 Å². The zero-order valence-electron chi connectivity index (χ0n) is 11.7. The molecule has 0 spiro atoms. The lowest BCUT2D eigenvalue weighted by Crippen LogP contribution is -2.37. The van der Waals surface area contributed by atoms with Gasteiger partial charge in [-0.3, -0.25) is 9.59 Å². The monoisotopic (exact) mass is 317 g/mol. The molecule has 9 heteroatoms. The number of halogens is 3. The molecule has 1 aromatic heterocycles. The molecular weight excluding hydrogens is 303 g/mol. The van der Waals surface area contributed by atoms with Crippen LogP contribution in [0.15, 0.2) is 6.07 Å². The standard InChI is InChI=1S/C13H14F3N3O3/c1-7-5-9(18-12(17-7)13(14,15)16)11(22)19-4-2-3-8(19)6-10(20)21/h5,8H,2-4,6H2,1H3,(H,20,21). The topological polar surface area (TPSA) is 83.4 Å². The molecule has 0 saturated carbocycles. The third-order valence-corrected chi connectivity index (χ3v) is 3.38. The number of hydrogen-bond acceptors (Lipinski definition) is 4. The van der Waals surface area contributed by atoms with Crippen LogP contribution in [0.1, 0.15) is 41.3 Å². The van der Waals surface area contributed by atoms with Gasteiger partial charge in [0.05, 0.1) is 6.42 Å². The number of carboxylic acid groups (broad SMARTS) is 1. The first-order valence-corrected chi connectivity index (χ1v) is 6.64. The van der Waals surface area contributed by atoms with Crippen LogP contribution in [-0.2, 0) is 11.0 Å². The number of likely N-dealkylation sites (tertiary alicyclic amines) is 1. The Labute approximate surface area is 124 Å². The van der Waals surface area contributed by atoms with Gasteiger partial charge in [-0.1, -0.05) is 0 Å². The van der Waals surface area contributed by atoms with E-state index in [0.717, 1.165) is 0 Å². The molecule has 1 saturated heterocycles. The Balaban J connectivity index is 2.29. The summed E-state index contributed by atoms with van der Waals surface area (Å²) in [5.74, 6) is -3.12. The maximum atomic E-state index is 12.7. The van der Waals surface area contributed by atoms with Crippen LogP contribution in [0, 0.1) is 6.92 Å². The highest BCUT2D eigenvalue weighted by Gasteiger charge is 2.37. The molecule has 1 N–H and O–H groups in total. The van der Waals surface area contributed by atoms with Crippen LogP contribution in [0.5, 0.6) is 0 Å². The van der Waals surface area contributed by atoms with Gasteiger partial charge in [-0.05, 0) is 25.8 Å². The highest BCUT2D eigenvalue weighted by molar-refractivity contribution is 5.93. The molecule has 2 rings (SSSR count). The summed E-state index contributed by atoms with van der Waals surface area (Å²) in [7, 11) is 0. The number of carbonyl (C=O) groups excluding carboxylic acids is 1. The van der Waals surface area contributed by atoms with E-state index in [-0.39, 0.29) is 17.8 Å². The average Bonchev–Trinajstić information content (AvgIpc) is 2.83. The third kappa shape index (κ3) is 3.52. The summed E-state index contributed by atoms with van der Waals surface area (Å²) in [6.07, 6.45) is -3.86. The van der Waals surface area contributed by atoms with Gasteiger partial charge in [0.2, 0.25) is 5.82 Å². The van der Waals surface area contributed by atoms with Crippen LogP contribution < -0.4 is 0 Å². The van der Waals surface area contributed by atoms with Gasteiger partial charge >= 0.3 is 12.1 Å². The molecule has 1 fully saturated rings. The summed E-state index contributed by atoms with van der Waals surface area (Å²) in [4.78, 5) is 31.0. The van der Waals surface area contributed by atoms with Crippen molar-refractivity contribution in [3.05, 3.63) is 23.3 Å². The van der Waals surface area contributed by atoms with Crippen molar-refractivity contribution in [1.82, 2.24) is 14.9 Å². The number of carbonyl (C=O) groups is 2. The highest BCUT2D eigenvalue weighted by Crippen LogP contribution is 2.27. The van der Waals surface area contributed by atoms with Gasteiger partial charge in [-0.15, -0.1) is 0 Å². The quantitative estimate of drug-likeness (QED) is 0.920. The maximum absolute atomic E-state index is 12.7. The average molecular weight is 317 g/mol. The van der Waals surface area contributed by atoms with E-state index in [4.69, 9.17) is 5.11 Å². The molecule has 1 unspecified atom stereocenters. The maximum Gasteiger partial charge on any atom is 0.451 e. The Bertz CT molecular complexity index is 604. The van der Waals surface area contributed by atoms with Crippen molar-refractivity contribution < 1.29 is 27.9 Å². The Morgan fingerprint density at radius 2 is 2.09 bits per heavy atom. The number of rotatable bonds is 3. The Morgan fingerprint density at radius 3 is 2.68 bits per heavy atom. The minimum absolute atomic E-state index is 0.0275. The van der Waals surface area contributed by atoms with Gasteiger partial charge in [0.1, 0.15) is 5.69 Å². The Morgan fingerprint density at radius 1 is 1.41 bits per heavy atom. The molecule has 22 heavy (non-hydrogen) atoms. The molecule has 120 valence electrons. The van der Waals surface area contributed by atoms with Crippen molar-refractivity contribution in [3.8, 4) is 0 Å². The molecule has 1 atom stereocenters. The summed E-state index contributed by atoms with van der Waals surface area (Å²) in [6.45, 7) is 1.65. The predicted molar refractivity (Wildman–Crippen MR) is 68.1 cm³/mol. The number of alkyl halides is 3. The van der Waals surface area contributed by atoms with Crippen LogP contribution in [0.4, 0.5) is 13.2 Å². The first-order chi connectivity index (χ1) is 10.2. The summed E-state index contributed by atoms with van der Waals surface area (Å²) in [6, 6.07) is 0.655. The molecule has 1 aromatic rings. The second-order valence-electron chi connectivity index (χ2n) is 5.11. The van der Waals surface area contributed by atoms with Gasteiger partial charge in [0, 0.05) is 18.3 Å². The number of aryl methyl sites for hydroxylation is 1. The molecule has 0 aromatic carbocycles. The van der Waals surface area contributed by atoms with Crippen molar-refractivity contribution in [2.24, 2.45) is 0 Å². The van der Waals surface area contributed by atoms with Gasteiger partial charge in [-0.25, -0.2) is 9.97 Å². The summed E-state index contributed by atoms with van der Waals surface area (Å²) >= 11 is 0. The van der Waals surface area contributed by atoms with Crippen molar-refractivity contribution in [1.29, 1.82) is 0 Å². The molecule has 1 aliphatic heterocycles. The number of carboxylic acids is 1. The van der Waals surface area contributed by atoms with E-state index in [2.05, 4.69) is 9.97 Å². The summed E-state index contributed by atoms with van der Waals surface area (Å²) in [5, 5.41) is 8.83. The van der Waals surface area contributed by atoms with Crippen molar-refractivity contribution in [2.75, 3.05) is 6.54 Å². The first kappa shape index (κ1) is 16.2. The summed E-state index contributed by atoms with van der Waals surface area (Å²) < 4.78 is 38.1. The Kier molecular flexibility index (Phi) is 4.34. The fourth-order valence-electron chi connectivity index (χ4n) is 2.47. The number of hydrogen-bond donors (Lipinski definition) is 1. The molecule has 0 aliphatic carbocycles. The number of aromatic nitrogens is 2. The molecule has 6 nitrogen and oxygen atoms in total. The lowest BCUT2D eigenvalue weighted by atomic mass is 10.1. The van der Waals surface area contributed by atoms with Crippen LogP contribution >= 0.6 is 0 Å². The largest absolute Gasteiger partial charge is 0.481 e. The zero-order chi connectivity index (χ0) is 16.5. The van der Waals surface area contributed by atoms with Gasteiger partial charge in [0.25, 0.3) is 5.91 Å². The highest BCUT2D eigenvalue weighted by atomic mass is 19.4. The van der Waals surface area contributed by atoms with Crippen molar-refractivity contribution in [3.63, 3.8) is 0 Å². The van der Waals surface area contributed by atoms with E-state index >= 15 is 0 Å². The number of amides is 1. The smallest absolute Gasteiger partial charge is 0.451 e. The van der Waals surface area contributed by atoms with E-state index in [9.17, 15) is 22.8 Å². The molecule has 1 aliphatic rings. The van der Waals surface area contributed by atoms with E-state index in [1.807, 2.05) is 0 Å². The van der Waals surface area contributed by atoms with E-state index in [1.165, 1.54) is 17.9 Å². The zero-order valence-corrected chi connectivity index (χ0v) is 11.7. The Hall–Kier alpha value is -2.19. The predicted octanol–water partition coefficient (Wildman–Crippen LogP) is 1.88. The molecule has 0 radical (unpaired) electrons. The van der Waals surface area contributed by atoms with Crippen LogP contribution in [0.25, 0.3) is 0 Å².